The summed E-state index contributed by atoms with van der Waals surface area (Å²) in [6, 6.07) is 13.4. The second-order valence-electron chi connectivity index (χ2n) is 11.2. The maximum atomic E-state index is 6.07. The Kier molecular flexibility index (Phi) is 8.44. The summed E-state index contributed by atoms with van der Waals surface area (Å²) in [5, 5.41) is 2.52. The van der Waals surface area contributed by atoms with Crippen molar-refractivity contribution < 1.29 is 9.47 Å². The van der Waals surface area contributed by atoms with Crippen molar-refractivity contribution in [1.29, 1.82) is 0 Å². The molecule has 0 radical (unpaired) electrons. The summed E-state index contributed by atoms with van der Waals surface area (Å²) in [6.07, 6.45) is 9.11. The molecule has 0 heterocycles. The van der Waals surface area contributed by atoms with E-state index in [2.05, 4.69) is 71.0 Å². The van der Waals surface area contributed by atoms with Gasteiger partial charge in [-0.05, 0) is 71.4 Å². The Balaban J connectivity index is 1.61. The molecule has 1 aliphatic rings. The quantitative estimate of drug-likeness (QED) is 0.375. The second-order valence-corrected chi connectivity index (χ2v) is 11.2. The van der Waals surface area contributed by atoms with Crippen molar-refractivity contribution >= 4 is 10.8 Å². The fourth-order valence-corrected chi connectivity index (χ4v) is 5.10. The maximum Gasteiger partial charge on any atom is 0.196 e. The molecule has 0 saturated heterocycles. The molecule has 0 bridgehead atoms. The minimum atomic E-state index is -0.211. The average molecular weight is 425 g/mol. The lowest BCUT2D eigenvalue weighted by atomic mass is 9.72. The highest BCUT2D eigenvalue weighted by Gasteiger charge is 2.27. The Bertz CT molecular complexity index is 811. The van der Waals surface area contributed by atoms with E-state index in [9.17, 15) is 0 Å². The molecule has 1 fully saturated rings. The molecule has 2 unspecified atom stereocenters. The van der Waals surface area contributed by atoms with Crippen molar-refractivity contribution in [2.45, 2.75) is 98.7 Å². The van der Waals surface area contributed by atoms with Crippen LogP contribution >= 0.6 is 0 Å². The van der Waals surface area contributed by atoms with Gasteiger partial charge in [0, 0.05) is 0 Å². The van der Waals surface area contributed by atoms with Crippen LogP contribution in [-0.2, 0) is 4.74 Å². The van der Waals surface area contributed by atoms with E-state index in [0.29, 0.717) is 11.8 Å². The van der Waals surface area contributed by atoms with Gasteiger partial charge in [0.15, 0.2) is 6.29 Å². The highest BCUT2D eigenvalue weighted by atomic mass is 16.7. The lowest BCUT2D eigenvalue weighted by molar-refractivity contribution is -0.0710. The molecular weight excluding hydrogens is 380 g/mol. The second kappa shape index (κ2) is 10.9. The van der Waals surface area contributed by atoms with Gasteiger partial charge in [0.25, 0.3) is 0 Å². The van der Waals surface area contributed by atoms with Crippen molar-refractivity contribution in [3.05, 3.63) is 42.0 Å². The number of ether oxygens (including phenoxy) is 2. The van der Waals surface area contributed by atoms with Gasteiger partial charge in [0.2, 0.25) is 0 Å². The van der Waals surface area contributed by atoms with Gasteiger partial charge >= 0.3 is 0 Å². The highest BCUT2D eigenvalue weighted by Crippen LogP contribution is 2.40. The Morgan fingerprint density at radius 3 is 2.26 bits per heavy atom. The van der Waals surface area contributed by atoms with Crippen LogP contribution in [-0.4, -0.2) is 12.9 Å². The van der Waals surface area contributed by atoms with Gasteiger partial charge < -0.3 is 9.47 Å². The Morgan fingerprint density at radius 2 is 1.58 bits per heavy atom. The van der Waals surface area contributed by atoms with Gasteiger partial charge in [-0.2, -0.15) is 0 Å². The van der Waals surface area contributed by atoms with E-state index in [0.717, 1.165) is 18.3 Å². The highest BCUT2D eigenvalue weighted by molar-refractivity contribution is 5.84. The summed E-state index contributed by atoms with van der Waals surface area (Å²) in [5.41, 5.74) is 1.70. The van der Waals surface area contributed by atoms with Crippen molar-refractivity contribution in [3.63, 3.8) is 0 Å². The zero-order valence-corrected chi connectivity index (χ0v) is 20.7. The molecule has 1 saturated carbocycles. The summed E-state index contributed by atoms with van der Waals surface area (Å²) >= 11 is 0. The van der Waals surface area contributed by atoms with E-state index >= 15 is 0 Å². The molecule has 0 N–H and O–H groups in total. The average Bonchev–Trinajstić information content (AvgIpc) is 2.71. The van der Waals surface area contributed by atoms with E-state index in [-0.39, 0.29) is 11.7 Å². The first-order chi connectivity index (χ1) is 14.7. The summed E-state index contributed by atoms with van der Waals surface area (Å²) in [4.78, 5) is 0. The lowest BCUT2D eigenvalue weighted by Gasteiger charge is -2.33. The molecule has 31 heavy (non-hydrogen) atoms. The van der Waals surface area contributed by atoms with Crippen LogP contribution in [0.4, 0.5) is 0 Å². The van der Waals surface area contributed by atoms with Crippen LogP contribution in [0.5, 0.6) is 5.75 Å². The van der Waals surface area contributed by atoms with Gasteiger partial charge in [-0.3, -0.25) is 0 Å². The molecule has 0 aromatic heterocycles. The molecule has 0 amide bonds. The van der Waals surface area contributed by atoms with Crippen LogP contribution in [0, 0.1) is 17.3 Å². The number of hydrogen-bond donors (Lipinski definition) is 0. The van der Waals surface area contributed by atoms with Crippen LogP contribution in [0.25, 0.3) is 10.8 Å². The minimum absolute atomic E-state index is 0.211. The number of hydrogen-bond acceptors (Lipinski definition) is 2. The first-order valence-corrected chi connectivity index (χ1v) is 12.5. The predicted molar refractivity (Wildman–Crippen MR) is 133 cm³/mol. The van der Waals surface area contributed by atoms with Gasteiger partial charge in [-0.15, -0.1) is 0 Å². The smallest absolute Gasteiger partial charge is 0.196 e. The molecule has 2 atom stereocenters. The van der Waals surface area contributed by atoms with E-state index < -0.39 is 0 Å². The lowest BCUT2D eigenvalue weighted by Crippen LogP contribution is -2.20. The molecule has 172 valence electrons. The normalized spacial score (nSPS) is 17.8. The monoisotopic (exact) mass is 424 g/mol. The summed E-state index contributed by atoms with van der Waals surface area (Å²) in [5.74, 6) is 2.99. The third-order valence-corrected chi connectivity index (χ3v) is 6.90. The predicted octanol–water partition coefficient (Wildman–Crippen LogP) is 8.73. The van der Waals surface area contributed by atoms with Crippen LogP contribution in [0.2, 0.25) is 0 Å². The van der Waals surface area contributed by atoms with Crippen molar-refractivity contribution in [2.24, 2.45) is 17.3 Å². The Labute approximate surface area is 190 Å². The van der Waals surface area contributed by atoms with E-state index in [1.807, 2.05) is 6.92 Å². The number of benzene rings is 2. The zero-order chi connectivity index (χ0) is 22.4. The SMILES string of the molecule is CC(C)CC(c1ccc2cc(OC(C)OCCC3CCCCC3)ccc2c1)C(C)(C)C. The van der Waals surface area contributed by atoms with Crippen molar-refractivity contribution in [1.82, 2.24) is 0 Å². The minimum Gasteiger partial charge on any atom is -0.465 e. The molecule has 1 aliphatic carbocycles. The standard InChI is InChI=1S/C29H44O2/c1-21(2)18-28(29(4,5)6)26-13-12-25-20-27(15-14-24(25)19-26)31-22(3)30-17-16-23-10-8-7-9-11-23/h12-15,19-23,28H,7-11,16-18H2,1-6H3. The fourth-order valence-electron chi connectivity index (χ4n) is 5.10. The molecule has 0 aliphatic heterocycles. The third-order valence-electron chi connectivity index (χ3n) is 6.90. The fraction of sp³-hybridized carbons (Fsp3) is 0.655. The zero-order valence-electron chi connectivity index (χ0n) is 20.7. The van der Waals surface area contributed by atoms with Crippen LogP contribution in [0.3, 0.4) is 0 Å². The molecule has 2 aromatic carbocycles. The van der Waals surface area contributed by atoms with Crippen LogP contribution in [0.1, 0.15) is 98.0 Å². The van der Waals surface area contributed by atoms with Gasteiger partial charge in [-0.25, -0.2) is 0 Å². The first kappa shape index (κ1) is 24.1. The number of rotatable bonds is 9. The van der Waals surface area contributed by atoms with Gasteiger partial charge in [-0.1, -0.05) is 91.0 Å². The summed E-state index contributed by atoms with van der Waals surface area (Å²) in [6.45, 7) is 14.5. The van der Waals surface area contributed by atoms with Gasteiger partial charge in [0.05, 0.1) is 6.61 Å². The molecule has 2 nitrogen and oxygen atoms in total. The Hall–Kier alpha value is -1.54. The molecule has 2 aromatic rings. The molecule has 0 spiro atoms. The molecular formula is C29H44O2. The van der Waals surface area contributed by atoms with Crippen molar-refractivity contribution in [2.75, 3.05) is 6.61 Å². The third kappa shape index (κ3) is 7.24. The van der Waals surface area contributed by atoms with Crippen LogP contribution in [0.15, 0.2) is 36.4 Å². The van der Waals surface area contributed by atoms with E-state index in [1.165, 1.54) is 61.3 Å². The first-order valence-electron chi connectivity index (χ1n) is 12.5. The van der Waals surface area contributed by atoms with Gasteiger partial charge in [0.1, 0.15) is 5.75 Å². The van der Waals surface area contributed by atoms with E-state index in [1.54, 1.807) is 0 Å². The molecule has 2 heteroatoms. The Morgan fingerprint density at radius 1 is 0.903 bits per heavy atom. The van der Waals surface area contributed by atoms with Crippen LogP contribution < -0.4 is 4.74 Å². The number of fused-ring (bicyclic) bond motifs is 1. The van der Waals surface area contributed by atoms with E-state index in [4.69, 9.17) is 9.47 Å². The summed E-state index contributed by atoms with van der Waals surface area (Å²) in [7, 11) is 0. The maximum absolute atomic E-state index is 6.07. The summed E-state index contributed by atoms with van der Waals surface area (Å²) < 4.78 is 12.0. The largest absolute Gasteiger partial charge is 0.465 e. The topological polar surface area (TPSA) is 18.5 Å². The molecule has 3 rings (SSSR count). The van der Waals surface area contributed by atoms with Crippen molar-refractivity contribution in [3.8, 4) is 5.75 Å².